The van der Waals surface area contributed by atoms with Crippen molar-refractivity contribution in [1.82, 2.24) is 16.0 Å². The molecule has 0 radical (unpaired) electrons. The van der Waals surface area contributed by atoms with E-state index in [1.807, 2.05) is 6.92 Å². The zero-order chi connectivity index (χ0) is 18.6. The topological polar surface area (TPSA) is 74.8 Å². The van der Waals surface area contributed by atoms with Crippen LogP contribution in [0.2, 0.25) is 5.02 Å². The molecule has 1 amide bonds. The number of ether oxygens (including phenoxy) is 1. The summed E-state index contributed by atoms with van der Waals surface area (Å²) in [7, 11) is 0. The van der Waals surface area contributed by atoms with Gasteiger partial charge in [-0.25, -0.2) is 0 Å². The molecule has 152 valence electrons. The number of benzene rings is 1. The Morgan fingerprint density at radius 2 is 1.96 bits per heavy atom. The van der Waals surface area contributed by atoms with Gasteiger partial charge in [0.2, 0.25) is 0 Å². The third kappa shape index (κ3) is 10.2. The third-order valence-electron chi connectivity index (χ3n) is 3.93. The van der Waals surface area contributed by atoms with E-state index >= 15 is 0 Å². The first-order valence-corrected chi connectivity index (χ1v) is 9.71. The zero-order valence-electron chi connectivity index (χ0n) is 15.8. The van der Waals surface area contributed by atoms with Crippen LogP contribution in [-0.4, -0.2) is 51.3 Å². The van der Waals surface area contributed by atoms with Crippen molar-refractivity contribution in [1.29, 1.82) is 0 Å². The maximum Gasteiger partial charge on any atom is 0.252 e. The van der Waals surface area contributed by atoms with E-state index < -0.39 is 0 Å². The van der Waals surface area contributed by atoms with Crippen LogP contribution >= 0.6 is 35.6 Å². The minimum Gasteiger partial charge on any atom is -0.381 e. The molecule has 3 N–H and O–H groups in total. The van der Waals surface area contributed by atoms with Crippen LogP contribution in [0.15, 0.2) is 29.3 Å². The molecule has 0 aromatic heterocycles. The smallest absolute Gasteiger partial charge is 0.252 e. The van der Waals surface area contributed by atoms with Crippen molar-refractivity contribution < 1.29 is 9.53 Å². The summed E-state index contributed by atoms with van der Waals surface area (Å²) in [5.41, 5.74) is 0.487. The predicted molar refractivity (Wildman–Crippen MR) is 121 cm³/mol. The number of amides is 1. The summed E-state index contributed by atoms with van der Waals surface area (Å²) in [6.07, 6.45) is 3.55. The summed E-state index contributed by atoms with van der Waals surface area (Å²) in [6.45, 7) is 6.25. The highest BCUT2D eigenvalue weighted by Gasteiger charge is 2.20. The molecule has 0 spiro atoms. The Balaban J connectivity index is 0.00000364. The fourth-order valence-electron chi connectivity index (χ4n) is 2.33. The lowest BCUT2D eigenvalue weighted by Crippen LogP contribution is -2.41. The minimum absolute atomic E-state index is 0. The second-order valence-electron chi connectivity index (χ2n) is 6.30. The molecule has 2 rings (SSSR count). The molecular weight excluding hydrogens is 479 g/mol. The van der Waals surface area contributed by atoms with Crippen LogP contribution in [0.3, 0.4) is 0 Å². The van der Waals surface area contributed by atoms with Crippen LogP contribution < -0.4 is 16.0 Å². The lowest BCUT2D eigenvalue weighted by Gasteiger charge is -2.12. The number of nitrogens with one attached hydrogen (secondary N) is 3. The standard InChI is InChI=1S/C19H29ClN4O2.HI/c1-2-21-19(23-10-5-13-26-14-15-8-9-15)24-12-11-22-18(25)16-6-3-4-7-17(16)20;/h3-4,6-7,15H,2,5,8-14H2,1H3,(H,22,25)(H2,21,23,24);1H. The minimum atomic E-state index is -0.174. The van der Waals surface area contributed by atoms with Crippen molar-refractivity contribution in [3.8, 4) is 0 Å². The summed E-state index contributed by atoms with van der Waals surface area (Å²) in [5.74, 6) is 1.38. The van der Waals surface area contributed by atoms with Gasteiger partial charge in [-0.1, -0.05) is 23.7 Å². The molecule has 0 saturated heterocycles. The second kappa shape index (κ2) is 14.0. The van der Waals surface area contributed by atoms with Gasteiger partial charge in [0.25, 0.3) is 5.91 Å². The van der Waals surface area contributed by atoms with Crippen LogP contribution in [0.4, 0.5) is 0 Å². The number of rotatable bonds is 11. The lowest BCUT2D eigenvalue weighted by molar-refractivity contribution is 0.0954. The Morgan fingerprint density at radius 1 is 1.22 bits per heavy atom. The second-order valence-corrected chi connectivity index (χ2v) is 6.70. The molecule has 0 heterocycles. The van der Waals surface area contributed by atoms with Gasteiger partial charge in [0, 0.05) is 39.4 Å². The summed E-state index contributed by atoms with van der Waals surface area (Å²) in [6, 6.07) is 7.01. The van der Waals surface area contributed by atoms with E-state index in [-0.39, 0.29) is 29.9 Å². The van der Waals surface area contributed by atoms with E-state index in [2.05, 4.69) is 20.9 Å². The monoisotopic (exact) mass is 508 g/mol. The first-order valence-electron chi connectivity index (χ1n) is 9.33. The molecule has 0 atom stereocenters. The third-order valence-corrected chi connectivity index (χ3v) is 4.26. The molecule has 1 fully saturated rings. The van der Waals surface area contributed by atoms with Crippen molar-refractivity contribution in [2.45, 2.75) is 26.2 Å². The predicted octanol–water partition coefficient (Wildman–Crippen LogP) is 3.06. The number of carbonyl (C=O) groups is 1. The largest absolute Gasteiger partial charge is 0.381 e. The van der Waals surface area contributed by atoms with Crippen LogP contribution in [0.5, 0.6) is 0 Å². The number of nitrogens with zero attached hydrogens (tertiary/aromatic N) is 1. The van der Waals surface area contributed by atoms with E-state index in [1.165, 1.54) is 12.8 Å². The van der Waals surface area contributed by atoms with Crippen molar-refractivity contribution in [2.24, 2.45) is 10.9 Å². The maximum absolute atomic E-state index is 12.1. The van der Waals surface area contributed by atoms with Crippen molar-refractivity contribution >= 4 is 47.4 Å². The summed E-state index contributed by atoms with van der Waals surface area (Å²) < 4.78 is 5.61. The van der Waals surface area contributed by atoms with Gasteiger partial charge in [0.1, 0.15) is 0 Å². The van der Waals surface area contributed by atoms with Crippen LogP contribution in [0.1, 0.15) is 36.5 Å². The Labute approximate surface area is 183 Å². The number of halogens is 2. The van der Waals surface area contributed by atoms with Crippen molar-refractivity contribution in [3.63, 3.8) is 0 Å². The fraction of sp³-hybridized carbons (Fsp3) is 0.579. The molecule has 6 nitrogen and oxygen atoms in total. The van der Waals surface area contributed by atoms with E-state index in [4.69, 9.17) is 16.3 Å². The highest BCUT2D eigenvalue weighted by Crippen LogP contribution is 2.28. The normalized spacial score (nSPS) is 13.6. The van der Waals surface area contributed by atoms with Gasteiger partial charge in [-0.3, -0.25) is 9.79 Å². The molecular formula is C19H30ClIN4O2. The van der Waals surface area contributed by atoms with Gasteiger partial charge in [0.05, 0.1) is 10.6 Å². The van der Waals surface area contributed by atoms with E-state index in [1.54, 1.807) is 24.3 Å². The van der Waals surface area contributed by atoms with Gasteiger partial charge in [-0.05, 0) is 44.2 Å². The number of aliphatic imine (C=N–C) groups is 1. The molecule has 1 aromatic carbocycles. The lowest BCUT2D eigenvalue weighted by atomic mass is 10.2. The first kappa shape index (κ1) is 24.0. The Bertz CT molecular complexity index is 597. The van der Waals surface area contributed by atoms with Gasteiger partial charge >= 0.3 is 0 Å². The summed E-state index contributed by atoms with van der Waals surface area (Å²) >= 11 is 6.02. The molecule has 0 unspecified atom stereocenters. The molecule has 27 heavy (non-hydrogen) atoms. The number of hydrogen-bond acceptors (Lipinski definition) is 3. The van der Waals surface area contributed by atoms with Crippen LogP contribution in [0.25, 0.3) is 0 Å². The highest BCUT2D eigenvalue weighted by molar-refractivity contribution is 14.0. The summed E-state index contributed by atoms with van der Waals surface area (Å²) in [4.78, 5) is 16.6. The van der Waals surface area contributed by atoms with Gasteiger partial charge in [-0.2, -0.15) is 0 Å². The Hall–Kier alpha value is -1.06. The van der Waals surface area contributed by atoms with Gasteiger partial charge in [0.15, 0.2) is 5.96 Å². The fourth-order valence-corrected chi connectivity index (χ4v) is 2.55. The average molecular weight is 509 g/mol. The molecule has 1 aliphatic carbocycles. The molecule has 1 aliphatic rings. The van der Waals surface area contributed by atoms with Gasteiger partial charge in [-0.15, -0.1) is 24.0 Å². The SMILES string of the molecule is CCNC(=NCCCOCC1CC1)NCCNC(=O)c1ccccc1Cl.I. The van der Waals surface area contributed by atoms with Crippen LogP contribution in [0, 0.1) is 5.92 Å². The summed E-state index contributed by atoms with van der Waals surface area (Å²) in [5, 5.41) is 9.71. The van der Waals surface area contributed by atoms with Gasteiger partial charge < -0.3 is 20.7 Å². The van der Waals surface area contributed by atoms with Crippen molar-refractivity contribution in [2.75, 3.05) is 39.4 Å². The molecule has 8 heteroatoms. The molecule has 1 saturated carbocycles. The van der Waals surface area contributed by atoms with Crippen molar-refractivity contribution in [3.05, 3.63) is 34.9 Å². The van der Waals surface area contributed by atoms with E-state index in [0.29, 0.717) is 30.2 Å². The Morgan fingerprint density at radius 3 is 2.67 bits per heavy atom. The molecule has 1 aromatic rings. The Kier molecular flexibility index (Phi) is 12.4. The first-order chi connectivity index (χ1) is 12.7. The number of guanidine groups is 1. The van der Waals surface area contributed by atoms with E-state index in [0.717, 1.165) is 38.1 Å². The molecule has 0 aliphatic heterocycles. The van der Waals surface area contributed by atoms with E-state index in [9.17, 15) is 4.79 Å². The highest BCUT2D eigenvalue weighted by atomic mass is 127. The zero-order valence-corrected chi connectivity index (χ0v) is 18.9. The number of carbonyl (C=O) groups excluding carboxylic acids is 1. The average Bonchev–Trinajstić information content (AvgIpc) is 3.46. The maximum atomic E-state index is 12.1. The number of hydrogen-bond donors (Lipinski definition) is 3. The van der Waals surface area contributed by atoms with Crippen LogP contribution in [-0.2, 0) is 4.74 Å². The molecule has 0 bridgehead atoms. The quantitative estimate of drug-likeness (QED) is 0.186.